The molecule has 0 aromatic carbocycles. The van der Waals surface area contributed by atoms with Crippen LogP contribution in [0, 0.1) is 0 Å². The third-order valence-electron chi connectivity index (χ3n) is 0.211. The third-order valence-corrected chi connectivity index (χ3v) is 0.211. The highest BCUT2D eigenvalue weighted by atomic mass is 32.2. The van der Waals surface area contributed by atoms with E-state index in [0.29, 0.717) is 0 Å². The lowest BCUT2D eigenvalue weighted by Gasteiger charge is -1.93. The van der Waals surface area contributed by atoms with Gasteiger partial charge < -0.3 is 15.1 Å². The molecule has 0 radical (unpaired) electrons. The van der Waals surface area contributed by atoms with Crippen molar-refractivity contribution in [1.82, 2.24) is 4.90 Å². The van der Waals surface area contributed by atoms with Crippen molar-refractivity contribution in [3.05, 3.63) is 0 Å². The fourth-order valence-corrected chi connectivity index (χ4v) is 0. The normalized spacial score (nSPS) is 6.64. The van der Waals surface area contributed by atoms with Crippen LogP contribution in [0.25, 0.3) is 0 Å². The van der Waals surface area contributed by atoms with Gasteiger partial charge in [0, 0.05) is 51.1 Å². The van der Waals surface area contributed by atoms with Crippen molar-refractivity contribution < 1.29 is 19.2 Å². The van der Waals surface area contributed by atoms with Crippen LogP contribution in [-0.2, 0) is 15.6 Å². The molecule has 0 spiro atoms. The molecule has 0 unspecified atom stereocenters. The van der Waals surface area contributed by atoms with E-state index >= 15 is 0 Å². The Kier molecular flexibility index (Phi) is 49.1. The second-order valence-corrected chi connectivity index (χ2v) is 3.61. The molecule has 0 fully saturated rings. The van der Waals surface area contributed by atoms with E-state index in [0.717, 1.165) is 13.5 Å². The highest BCUT2D eigenvalue weighted by molar-refractivity contribution is 7.83. The first kappa shape index (κ1) is 23.4. The number of carbonyl (C=O) groups is 1. The Balaban J connectivity index is -0.0000000505. The Hall–Kier alpha value is -0.460. The molecule has 0 saturated heterocycles. The van der Waals surface area contributed by atoms with Crippen LogP contribution in [0.5, 0.6) is 0 Å². The summed E-state index contributed by atoms with van der Waals surface area (Å²) < 4.78 is 9.56. The van der Waals surface area contributed by atoms with Crippen LogP contribution in [0.3, 0.4) is 0 Å². The lowest BCUT2D eigenvalue weighted by atomic mass is 10.9. The van der Waals surface area contributed by atoms with Crippen molar-refractivity contribution in [2.24, 2.45) is 0 Å². The van der Waals surface area contributed by atoms with Crippen LogP contribution in [0.1, 0.15) is 6.92 Å². The standard InChI is InChI=1S/C3H7NO.C2H6OS.C2H6O.CH4O/c1-4(2)3-5;1-4(2)3;1-2-3;1-2/h3H,1-2H3;1-2H3;3H,2H2,1H3;2H,1H3. The van der Waals surface area contributed by atoms with Crippen LogP contribution in [-0.4, -0.2) is 66.1 Å². The van der Waals surface area contributed by atoms with Gasteiger partial charge in [-0.2, -0.15) is 0 Å². The van der Waals surface area contributed by atoms with Gasteiger partial charge in [-0.05, 0) is 6.92 Å². The zero-order valence-corrected chi connectivity index (χ0v) is 10.7. The smallest absolute Gasteiger partial charge is 0.209 e. The Morgan fingerprint density at radius 1 is 1.29 bits per heavy atom. The van der Waals surface area contributed by atoms with Gasteiger partial charge in [-0.15, -0.1) is 0 Å². The van der Waals surface area contributed by atoms with Crippen molar-refractivity contribution in [1.29, 1.82) is 0 Å². The van der Waals surface area contributed by atoms with Crippen molar-refractivity contribution in [3.8, 4) is 0 Å². The molecule has 0 aliphatic carbocycles. The average Bonchev–Trinajstić information content (AvgIpc) is 2.08. The van der Waals surface area contributed by atoms with Crippen LogP contribution >= 0.6 is 0 Å². The molecule has 0 aliphatic rings. The molecule has 6 heteroatoms. The van der Waals surface area contributed by atoms with E-state index < -0.39 is 10.8 Å². The number of aliphatic hydroxyl groups excluding tert-OH is 2. The molecule has 90 valence electrons. The van der Waals surface area contributed by atoms with Gasteiger partial charge in [0.05, 0.1) is 0 Å². The Morgan fingerprint density at radius 3 is 1.36 bits per heavy atom. The second kappa shape index (κ2) is 29.4. The van der Waals surface area contributed by atoms with Crippen molar-refractivity contribution in [3.63, 3.8) is 0 Å². The fourth-order valence-electron chi connectivity index (χ4n) is 0. The molecule has 2 N–H and O–H groups in total. The number of amides is 1. The minimum absolute atomic E-state index is 0.250. The molecule has 0 bridgehead atoms. The SMILES string of the molecule is CCO.CN(C)C=O.CO.CS(C)=O. The van der Waals surface area contributed by atoms with Gasteiger partial charge in [-0.25, -0.2) is 0 Å². The Bertz CT molecular complexity index is 106. The number of hydrogen-bond donors (Lipinski definition) is 2. The molecule has 0 saturated carbocycles. The minimum Gasteiger partial charge on any atom is -0.400 e. The predicted molar refractivity (Wildman–Crippen MR) is 60.6 cm³/mol. The van der Waals surface area contributed by atoms with Gasteiger partial charge >= 0.3 is 0 Å². The topological polar surface area (TPSA) is 77.8 Å². The van der Waals surface area contributed by atoms with Gasteiger partial charge in [0.2, 0.25) is 6.41 Å². The highest BCUT2D eigenvalue weighted by Gasteiger charge is 1.68. The van der Waals surface area contributed by atoms with E-state index in [4.69, 9.17) is 10.2 Å². The Labute approximate surface area is 89.2 Å². The van der Waals surface area contributed by atoms with Gasteiger partial charge in [-0.1, -0.05) is 0 Å². The maximum atomic E-state index is 9.56. The van der Waals surface area contributed by atoms with E-state index in [2.05, 4.69) is 0 Å². The summed E-state index contributed by atoms with van der Waals surface area (Å²) in [6, 6.07) is 0. The molecule has 0 aromatic heterocycles. The van der Waals surface area contributed by atoms with Crippen molar-refractivity contribution >= 4 is 17.2 Å². The molecule has 0 rings (SSSR count). The van der Waals surface area contributed by atoms with Crippen molar-refractivity contribution in [2.45, 2.75) is 6.92 Å². The first-order valence-electron chi connectivity index (χ1n) is 3.84. The first-order valence-corrected chi connectivity index (χ1v) is 5.81. The van der Waals surface area contributed by atoms with Gasteiger partial charge in [0.1, 0.15) is 0 Å². The number of hydrogen-bond acceptors (Lipinski definition) is 4. The maximum Gasteiger partial charge on any atom is 0.209 e. The maximum absolute atomic E-state index is 9.56. The van der Waals surface area contributed by atoms with E-state index in [9.17, 15) is 9.00 Å². The molecular formula is C8H23NO4S. The van der Waals surface area contributed by atoms with Gasteiger partial charge in [0.25, 0.3) is 0 Å². The summed E-state index contributed by atoms with van der Waals surface area (Å²) in [5.74, 6) is 0. The van der Waals surface area contributed by atoms with Crippen molar-refractivity contribution in [2.75, 3.05) is 40.3 Å². The number of nitrogens with zero attached hydrogens (tertiary/aromatic N) is 1. The zero-order chi connectivity index (χ0) is 12.6. The third kappa shape index (κ3) is 541. The molecule has 5 nitrogen and oxygen atoms in total. The molecule has 0 aromatic rings. The van der Waals surface area contributed by atoms with Crippen LogP contribution < -0.4 is 0 Å². The second-order valence-electron chi connectivity index (χ2n) is 2.13. The van der Waals surface area contributed by atoms with Gasteiger partial charge in [-0.3, -0.25) is 9.00 Å². The molecule has 14 heavy (non-hydrogen) atoms. The van der Waals surface area contributed by atoms with Crippen LogP contribution in [0.15, 0.2) is 0 Å². The largest absolute Gasteiger partial charge is 0.400 e. The molecule has 0 atom stereocenters. The quantitative estimate of drug-likeness (QED) is 0.583. The molecular weight excluding hydrogens is 206 g/mol. The minimum atomic E-state index is -0.611. The van der Waals surface area contributed by atoms with E-state index in [1.165, 1.54) is 4.90 Å². The lowest BCUT2D eigenvalue weighted by molar-refractivity contribution is -0.115. The number of rotatable bonds is 1. The Morgan fingerprint density at radius 2 is 1.36 bits per heavy atom. The molecule has 1 amide bonds. The van der Waals surface area contributed by atoms with E-state index in [-0.39, 0.29) is 6.61 Å². The monoisotopic (exact) mass is 229 g/mol. The zero-order valence-electron chi connectivity index (χ0n) is 9.85. The van der Waals surface area contributed by atoms with Crippen LogP contribution in [0.4, 0.5) is 0 Å². The summed E-state index contributed by atoms with van der Waals surface area (Å²) in [7, 11) is 3.76. The number of carbonyl (C=O) groups excluding carboxylic acids is 1. The fraction of sp³-hybridized carbons (Fsp3) is 0.875. The number of aliphatic hydroxyl groups is 2. The van der Waals surface area contributed by atoms with Crippen LogP contribution in [0.2, 0.25) is 0 Å². The summed E-state index contributed by atoms with van der Waals surface area (Å²) in [6.45, 7) is 1.93. The molecule has 0 heterocycles. The average molecular weight is 229 g/mol. The summed E-state index contributed by atoms with van der Waals surface area (Å²) in [4.78, 5) is 10.9. The van der Waals surface area contributed by atoms with E-state index in [1.807, 2.05) is 0 Å². The summed E-state index contributed by atoms with van der Waals surface area (Å²) in [6.07, 6.45) is 4.03. The first-order chi connectivity index (χ1) is 6.42. The predicted octanol–water partition coefficient (Wildman–Crippen LogP) is -0.694. The summed E-state index contributed by atoms with van der Waals surface area (Å²) in [5.41, 5.74) is 0. The summed E-state index contributed by atoms with van der Waals surface area (Å²) in [5, 5.41) is 14.6. The molecule has 0 aliphatic heterocycles. The summed E-state index contributed by atoms with van der Waals surface area (Å²) >= 11 is 0. The van der Waals surface area contributed by atoms with Gasteiger partial charge in [0.15, 0.2) is 0 Å². The van der Waals surface area contributed by atoms with E-state index in [1.54, 1.807) is 33.5 Å². The highest BCUT2D eigenvalue weighted by Crippen LogP contribution is 1.52. The lowest BCUT2D eigenvalue weighted by Crippen LogP contribution is -2.06.